The molecule has 2 rings (SSSR count). The molecule has 0 saturated carbocycles. The van der Waals surface area contributed by atoms with Crippen molar-refractivity contribution in [2.75, 3.05) is 0 Å². The number of carbonyl (C=O) groups excluding carboxylic acids is 1. The second kappa shape index (κ2) is 4.09. The van der Waals surface area contributed by atoms with Crippen LogP contribution in [0.25, 0.3) is 11.0 Å². The monoisotopic (exact) mass is 264 g/mol. The van der Waals surface area contributed by atoms with Crippen LogP contribution in [-0.2, 0) is 0 Å². The molecule has 0 spiro atoms. The summed E-state index contributed by atoms with van der Waals surface area (Å²) in [5.74, 6) is -0.325. The highest BCUT2D eigenvalue weighted by Gasteiger charge is 2.22. The van der Waals surface area contributed by atoms with Crippen LogP contribution >= 0.6 is 0 Å². The number of rotatable bonds is 1. The molecule has 0 atom stereocenters. The second-order valence-corrected chi connectivity index (χ2v) is 3.78. The molecule has 0 saturated heterocycles. The number of ketones is 1. The summed E-state index contributed by atoms with van der Waals surface area (Å²) >= 11 is 0. The number of fused-ring (bicyclic) bond motifs is 1. The fourth-order valence-electron chi connectivity index (χ4n) is 1.79. The van der Waals surface area contributed by atoms with Crippen LogP contribution in [0.4, 0.5) is 9.59 Å². The Hall–Kier alpha value is -2.90. The lowest BCUT2D eigenvalue weighted by atomic mass is 10.1. The summed E-state index contributed by atoms with van der Waals surface area (Å²) in [5.41, 5.74) is -1.27. The number of nitrogens with zero attached hydrogens (tertiary/aromatic N) is 2. The third-order valence-corrected chi connectivity index (χ3v) is 2.63. The van der Waals surface area contributed by atoms with Crippen LogP contribution in [0, 0.1) is 0 Å². The Morgan fingerprint density at radius 2 is 1.53 bits per heavy atom. The number of carboxylic acid groups (broad SMARTS) is 2. The third-order valence-electron chi connectivity index (χ3n) is 2.63. The molecule has 98 valence electrons. The first kappa shape index (κ1) is 12.6. The molecule has 0 fully saturated rings. The summed E-state index contributed by atoms with van der Waals surface area (Å²) in [6.07, 6.45) is -3.21. The molecule has 0 aliphatic rings. The third kappa shape index (κ3) is 1.79. The van der Waals surface area contributed by atoms with Gasteiger partial charge in [0.25, 0.3) is 0 Å². The maximum atomic E-state index is 11.7. The molecule has 1 heterocycles. The molecule has 2 aromatic rings. The number of hydrogen-bond acceptors (Lipinski definition) is 4. The summed E-state index contributed by atoms with van der Waals surface area (Å²) < 4.78 is 0.600. The first-order chi connectivity index (χ1) is 8.84. The van der Waals surface area contributed by atoms with Gasteiger partial charge in [-0.3, -0.25) is 4.79 Å². The van der Waals surface area contributed by atoms with E-state index in [9.17, 15) is 19.2 Å². The molecular formula is C11H8N2O6. The van der Waals surface area contributed by atoms with Crippen LogP contribution in [-0.4, -0.2) is 37.3 Å². The zero-order valence-corrected chi connectivity index (χ0v) is 9.65. The largest absolute Gasteiger partial charge is 0.464 e. The Kier molecular flexibility index (Phi) is 2.70. The summed E-state index contributed by atoms with van der Waals surface area (Å²) in [6.45, 7) is 1.28. The van der Waals surface area contributed by atoms with Gasteiger partial charge >= 0.3 is 17.9 Å². The molecule has 0 aliphatic heterocycles. The number of imidazole rings is 1. The fourth-order valence-corrected chi connectivity index (χ4v) is 1.79. The fraction of sp³-hybridized carbons (Fsp3) is 0.0909. The molecule has 1 aromatic carbocycles. The SMILES string of the molecule is CC(=O)c1ccc2c(c1)n(C(=O)O)c(=O)n2C(=O)O. The molecule has 0 bridgehead atoms. The van der Waals surface area contributed by atoms with E-state index in [2.05, 4.69) is 0 Å². The Morgan fingerprint density at radius 1 is 1.00 bits per heavy atom. The van der Waals surface area contributed by atoms with Crippen molar-refractivity contribution in [2.24, 2.45) is 0 Å². The van der Waals surface area contributed by atoms with E-state index in [0.29, 0.717) is 4.57 Å². The highest BCUT2D eigenvalue weighted by Crippen LogP contribution is 2.16. The Labute approximate surface area is 105 Å². The minimum atomic E-state index is -1.62. The van der Waals surface area contributed by atoms with Crippen LogP contribution in [0.5, 0.6) is 0 Å². The average Bonchev–Trinajstić information content (AvgIpc) is 2.59. The van der Waals surface area contributed by atoms with Gasteiger partial charge in [-0.25, -0.2) is 14.4 Å². The van der Waals surface area contributed by atoms with Crippen LogP contribution in [0.15, 0.2) is 23.0 Å². The smallest absolute Gasteiger partial charge is 0.420 e. The van der Waals surface area contributed by atoms with Gasteiger partial charge in [0, 0.05) is 5.56 Å². The van der Waals surface area contributed by atoms with Gasteiger partial charge in [-0.15, -0.1) is 0 Å². The summed E-state index contributed by atoms with van der Waals surface area (Å²) in [7, 11) is 0. The first-order valence-corrected chi connectivity index (χ1v) is 5.09. The van der Waals surface area contributed by atoms with Crippen molar-refractivity contribution in [3.8, 4) is 0 Å². The zero-order valence-electron chi connectivity index (χ0n) is 9.65. The van der Waals surface area contributed by atoms with E-state index in [1.165, 1.54) is 25.1 Å². The highest BCUT2D eigenvalue weighted by atomic mass is 16.4. The van der Waals surface area contributed by atoms with Gasteiger partial charge in [0.15, 0.2) is 5.78 Å². The number of aromatic nitrogens is 2. The molecule has 2 N–H and O–H groups in total. The lowest BCUT2D eigenvalue weighted by Gasteiger charge is -1.98. The predicted molar refractivity (Wildman–Crippen MR) is 63.0 cm³/mol. The molecule has 8 nitrogen and oxygen atoms in total. The topological polar surface area (TPSA) is 119 Å². The van der Waals surface area contributed by atoms with Crippen molar-refractivity contribution in [3.63, 3.8) is 0 Å². The highest BCUT2D eigenvalue weighted by molar-refractivity contribution is 6.00. The molecule has 8 heteroatoms. The van der Waals surface area contributed by atoms with E-state index < -0.39 is 17.9 Å². The van der Waals surface area contributed by atoms with Crippen LogP contribution in [0.3, 0.4) is 0 Å². The maximum Gasteiger partial charge on any atom is 0.420 e. The van der Waals surface area contributed by atoms with Gasteiger partial charge in [0.2, 0.25) is 0 Å². The minimum absolute atomic E-state index is 0.0927. The van der Waals surface area contributed by atoms with Gasteiger partial charge in [0.1, 0.15) is 0 Å². The normalized spacial score (nSPS) is 10.6. The van der Waals surface area contributed by atoms with E-state index in [1.807, 2.05) is 0 Å². The number of carbonyl (C=O) groups is 3. The van der Waals surface area contributed by atoms with Crippen molar-refractivity contribution < 1.29 is 24.6 Å². The maximum absolute atomic E-state index is 11.7. The first-order valence-electron chi connectivity index (χ1n) is 5.09. The van der Waals surface area contributed by atoms with E-state index >= 15 is 0 Å². The standard InChI is InChI=1S/C11H8N2O6/c1-5(14)6-2-3-7-8(4-6)13(11(18)19)9(15)12(7)10(16)17/h2-4H,1H3,(H,16,17)(H,18,19). The van der Waals surface area contributed by atoms with Crippen molar-refractivity contribution in [1.82, 2.24) is 9.13 Å². The van der Waals surface area contributed by atoms with Crippen molar-refractivity contribution >= 4 is 29.0 Å². The van der Waals surface area contributed by atoms with Crippen LogP contribution < -0.4 is 5.69 Å². The van der Waals surface area contributed by atoms with E-state index in [4.69, 9.17) is 10.2 Å². The number of hydrogen-bond donors (Lipinski definition) is 2. The summed E-state index contributed by atoms with van der Waals surface area (Å²) in [4.78, 5) is 45.0. The van der Waals surface area contributed by atoms with Crippen molar-refractivity contribution in [3.05, 3.63) is 34.2 Å². The molecule has 0 unspecified atom stereocenters. The minimum Gasteiger partial charge on any atom is -0.464 e. The van der Waals surface area contributed by atoms with Crippen molar-refractivity contribution in [1.29, 1.82) is 0 Å². The molecule has 19 heavy (non-hydrogen) atoms. The van der Waals surface area contributed by atoms with Gasteiger partial charge < -0.3 is 10.2 Å². The Morgan fingerprint density at radius 3 is 2.00 bits per heavy atom. The molecule has 1 aromatic heterocycles. The van der Waals surface area contributed by atoms with Crippen molar-refractivity contribution in [2.45, 2.75) is 6.92 Å². The molecular weight excluding hydrogens is 256 g/mol. The van der Waals surface area contributed by atoms with Gasteiger partial charge in [-0.2, -0.15) is 9.13 Å². The van der Waals surface area contributed by atoms with E-state index in [-0.39, 0.29) is 26.9 Å². The predicted octanol–water partition coefficient (Wildman–Crippen LogP) is 1.06. The van der Waals surface area contributed by atoms with Crippen LogP contribution in [0.1, 0.15) is 17.3 Å². The average molecular weight is 264 g/mol. The van der Waals surface area contributed by atoms with Crippen LogP contribution in [0.2, 0.25) is 0 Å². The Balaban J connectivity index is 2.99. The summed E-state index contributed by atoms with van der Waals surface area (Å²) in [6, 6.07) is 3.73. The molecule has 0 amide bonds. The Bertz CT molecular complexity index is 782. The number of benzene rings is 1. The van der Waals surface area contributed by atoms with Gasteiger partial charge in [-0.05, 0) is 25.1 Å². The van der Waals surface area contributed by atoms with E-state index in [0.717, 1.165) is 0 Å². The van der Waals surface area contributed by atoms with Gasteiger partial charge in [-0.1, -0.05) is 0 Å². The quantitative estimate of drug-likeness (QED) is 0.743. The number of Topliss-reactive ketones (excluding diaryl/α,β-unsaturated/α-hetero) is 1. The molecule has 0 radical (unpaired) electrons. The molecule has 0 aliphatic carbocycles. The second-order valence-electron chi connectivity index (χ2n) is 3.78. The van der Waals surface area contributed by atoms with E-state index in [1.54, 1.807) is 0 Å². The van der Waals surface area contributed by atoms with Gasteiger partial charge in [0.05, 0.1) is 11.0 Å². The zero-order chi connectivity index (χ0) is 14.3. The lowest BCUT2D eigenvalue weighted by Crippen LogP contribution is -2.31. The summed E-state index contributed by atoms with van der Waals surface area (Å²) in [5, 5.41) is 17.9. The lowest BCUT2D eigenvalue weighted by molar-refractivity contribution is 0.101.